The third kappa shape index (κ3) is 4.16. The van der Waals surface area contributed by atoms with E-state index in [0.717, 1.165) is 0 Å². The van der Waals surface area contributed by atoms with E-state index < -0.39 is 23.5 Å². The lowest BCUT2D eigenvalue weighted by Gasteiger charge is -2.15. The standard InChI is InChI=1S/C22H13F6N3/c23-21(24,25)16-11-15(12-17(13-16)22(26,27)28)20-30-29-19(14-7-3-1-4-8-14)31(20)18-9-5-2-6-10-18/h1-13H. The van der Waals surface area contributed by atoms with Crippen LogP contribution in [-0.4, -0.2) is 14.8 Å². The molecule has 4 aromatic rings. The Labute approximate surface area is 172 Å². The molecule has 3 aromatic carbocycles. The average molecular weight is 433 g/mol. The quantitative estimate of drug-likeness (QED) is 0.339. The molecule has 0 saturated heterocycles. The van der Waals surface area contributed by atoms with Crippen LogP contribution in [0.1, 0.15) is 11.1 Å². The predicted molar refractivity (Wildman–Crippen MR) is 102 cm³/mol. The van der Waals surface area contributed by atoms with Crippen molar-refractivity contribution in [1.29, 1.82) is 0 Å². The maximum atomic E-state index is 13.3. The highest BCUT2D eigenvalue weighted by atomic mass is 19.4. The van der Waals surface area contributed by atoms with E-state index >= 15 is 0 Å². The molecule has 1 heterocycles. The number of hydrogen-bond donors (Lipinski definition) is 0. The maximum Gasteiger partial charge on any atom is 0.416 e. The summed E-state index contributed by atoms with van der Waals surface area (Å²) in [6, 6.07) is 18.5. The first-order chi connectivity index (χ1) is 14.6. The minimum Gasteiger partial charge on any atom is -0.275 e. The summed E-state index contributed by atoms with van der Waals surface area (Å²) in [5, 5.41) is 8.04. The second-order valence-corrected chi connectivity index (χ2v) is 6.68. The number of nitrogens with zero attached hydrogens (tertiary/aromatic N) is 3. The van der Waals surface area contributed by atoms with Gasteiger partial charge in [-0.15, -0.1) is 10.2 Å². The van der Waals surface area contributed by atoms with Crippen LogP contribution in [-0.2, 0) is 12.4 Å². The number of hydrogen-bond acceptors (Lipinski definition) is 2. The molecule has 158 valence electrons. The Balaban J connectivity index is 2.00. The largest absolute Gasteiger partial charge is 0.416 e. The van der Waals surface area contributed by atoms with Crippen LogP contribution in [0.4, 0.5) is 26.3 Å². The molecule has 0 radical (unpaired) electrons. The van der Waals surface area contributed by atoms with Crippen LogP contribution < -0.4 is 0 Å². The summed E-state index contributed by atoms with van der Waals surface area (Å²) >= 11 is 0. The van der Waals surface area contributed by atoms with Gasteiger partial charge in [0.1, 0.15) is 0 Å². The topological polar surface area (TPSA) is 30.7 Å². The number of halogens is 6. The molecule has 0 atom stereocenters. The summed E-state index contributed by atoms with van der Waals surface area (Å²) < 4.78 is 81.4. The van der Waals surface area contributed by atoms with Crippen molar-refractivity contribution < 1.29 is 26.3 Å². The number of aromatic nitrogens is 3. The molecule has 0 N–H and O–H groups in total. The summed E-state index contributed by atoms with van der Waals surface area (Å²) in [5.41, 5.74) is -2.08. The van der Waals surface area contributed by atoms with Gasteiger partial charge in [-0.3, -0.25) is 4.57 Å². The second kappa shape index (κ2) is 7.57. The summed E-state index contributed by atoms with van der Waals surface area (Å²) in [6.45, 7) is 0. The molecular formula is C22H13F6N3. The highest BCUT2D eigenvalue weighted by Gasteiger charge is 2.37. The summed E-state index contributed by atoms with van der Waals surface area (Å²) in [5.74, 6) is 0.148. The van der Waals surface area contributed by atoms with Crippen molar-refractivity contribution in [2.45, 2.75) is 12.4 Å². The van der Waals surface area contributed by atoms with Crippen molar-refractivity contribution in [3.05, 3.63) is 90.0 Å². The van der Waals surface area contributed by atoms with Crippen LogP contribution in [0.3, 0.4) is 0 Å². The zero-order chi connectivity index (χ0) is 22.2. The van der Waals surface area contributed by atoms with E-state index in [4.69, 9.17) is 0 Å². The summed E-state index contributed by atoms with van der Waals surface area (Å²) in [6.07, 6.45) is -9.92. The van der Waals surface area contributed by atoms with Gasteiger partial charge in [-0.1, -0.05) is 48.5 Å². The Kier molecular flexibility index (Phi) is 5.04. The minimum atomic E-state index is -4.96. The lowest BCUT2D eigenvalue weighted by Crippen LogP contribution is -2.11. The fourth-order valence-corrected chi connectivity index (χ4v) is 3.15. The molecule has 0 fully saturated rings. The molecule has 0 spiro atoms. The van der Waals surface area contributed by atoms with Crippen molar-refractivity contribution >= 4 is 0 Å². The Morgan fingerprint density at radius 1 is 0.548 bits per heavy atom. The molecule has 0 saturated carbocycles. The van der Waals surface area contributed by atoms with E-state index in [9.17, 15) is 26.3 Å². The molecule has 4 rings (SSSR count). The number of rotatable bonds is 3. The van der Waals surface area contributed by atoms with Gasteiger partial charge in [0.15, 0.2) is 11.6 Å². The number of benzene rings is 3. The molecule has 0 bridgehead atoms. The van der Waals surface area contributed by atoms with Crippen molar-refractivity contribution in [2.24, 2.45) is 0 Å². The first kappa shape index (κ1) is 20.6. The SMILES string of the molecule is FC(F)(F)c1cc(-c2nnc(-c3ccccc3)n2-c2ccccc2)cc(C(F)(F)F)c1. The van der Waals surface area contributed by atoms with E-state index in [-0.39, 0.29) is 23.3 Å². The van der Waals surface area contributed by atoms with Crippen molar-refractivity contribution in [3.63, 3.8) is 0 Å². The normalized spacial score (nSPS) is 12.2. The highest BCUT2D eigenvalue weighted by Crippen LogP contribution is 2.39. The van der Waals surface area contributed by atoms with Gasteiger partial charge < -0.3 is 0 Å². The molecule has 1 aromatic heterocycles. The van der Waals surface area contributed by atoms with E-state index in [2.05, 4.69) is 10.2 Å². The van der Waals surface area contributed by atoms with E-state index in [1.165, 1.54) is 4.57 Å². The fraction of sp³-hybridized carbons (Fsp3) is 0.0909. The van der Waals surface area contributed by atoms with Gasteiger partial charge in [0.05, 0.1) is 11.1 Å². The molecule has 0 aliphatic carbocycles. The van der Waals surface area contributed by atoms with Gasteiger partial charge in [-0.05, 0) is 30.3 Å². The molecule has 0 aliphatic heterocycles. The molecule has 0 amide bonds. The fourth-order valence-electron chi connectivity index (χ4n) is 3.15. The molecule has 9 heteroatoms. The third-order valence-corrected chi connectivity index (χ3v) is 4.56. The predicted octanol–water partition coefficient (Wildman–Crippen LogP) is 6.64. The zero-order valence-electron chi connectivity index (χ0n) is 15.6. The van der Waals surface area contributed by atoms with Crippen molar-refractivity contribution in [3.8, 4) is 28.5 Å². The lowest BCUT2D eigenvalue weighted by molar-refractivity contribution is -0.143. The van der Waals surface area contributed by atoms with E-state index in [1.54, 1.807) is 60.7 Å². The van der Waals surface area contributed by atoms with Gasteiger partial charge in [0.2, 0.25) is 0 Å². The molecule has 3 nitrogen and oxygen atoms in total. The van der Waals surface area contributed by atoms with Crippen molar-refractivity contribution in [2.75, 3.05) is 0 Å². The lowest BCUT2D eigenvalue weighted by atomic mass is 10.0. The van der Waals surface area contributed by atoms with Gasteiger partial charge >= 0.3 is 12.4 Å². The molecule has 0 unspecified atom stereocenters. The number of alkyl halides is 6. The second-order valence-electron chi connectivity index (χ2n) is 6.68. The highest BCUT2D eigenvalue weighted by molar-refractivity contribution is 5.68. The Morgan fingerprint density at radius 3 is 1.48 bits per heavy atom. The number of para-hydroxylation sites is 1. The van der Waals surface area contributed by atoms with Crippen molar-refractivity contribution in [1.82, 2.24) is 14.8 Å². The van der Waals surface area contributed by atoms with Gasteiger partial charge in [-0.25, -0.2) is 0 Å². The van der Waals surface area contributed by atoms with Crippen LogP contribution in [0.25, 0.3) is 28.5 Å². The first-order valence-electron chi connectivity index (χ1n) is 9.01. The Morgan fingerprint density at radius 2 is 1.00 bits per heavy atom. The van der Waals surface area contributed by atoms with Gasteiger partial charge in [0, 0.05) is 16.8 Å². The maximum absolute atomic E-state index is 13.3. The minimum absolute atomic E-state index is 0.0881. The monoisotopic (exact) mass is 433 g/mol. The van der Waals surface area contributed by atoms with Crippen LogP contribution in [0.2, 0.25) is 0 Å². The van der Waals surface area contributed by atoms with Crippen LogP contribution in [0.15, 0.2) is 78.9 Å². The Hall–Kier alpha value is -3.62. The van der Waals surface area contributed by atoms with Crippen LogP contribution in [0.5, 0.6) is 0 Å². The van der Waals surface area contributed by atoms with Crippen LogP contribution in [0, 0.1) is 0 Å². The average Bonchev–Trinajstić information content (AvgIpc) is 3.19. The first-order valence-corrected chi connectivity index (χ1v) is 9.01. The smallest absolute Gasteiger partial charge is 0.275 e. The Bertz CT molecular complexity index is 1160. The van der Waals surface area contributed by atoms with Gasteiger partial charge in [0.25, 0.3) is 0 Å². The molecule has 31 heavy (non-hydrogen) atoms. The van der Waals surface area contributed by atoms with E-state index in [0.29, 0.717) is 23.4 Å². The van der Waals surface area contributed by atoms with E-state index in [1.807, 2.05) is 0 Å². The summed E-state index contributed by atoms with van der Waals surface area (Å²) in [7, 11) is 0. The molecule has 0 aliphatic rings. The van der Waals surface area contributed by atoms with Crippen LogP contribution >= 0.6 is 0 Å². The van der Waals surface area contributed by atoms with Gasteiger partial charge in [-0.2, -0.15) is 26.3 Å². The zero-order valence-corrected chi connectivity index (χ0v) is 15.6. The summed E-state index contributed by atoms with van der Waals surface area (Å²) in [4.78, 5) is 0. The molecular weight excluding hydrogens is 420 g/mol. The third-order valence-electron chi connectivity index (χ3n) is 4.56.